The minimum atomic E-state index is -2.06. The molecule has 458 valence electrons. The number of nitrogens with zero attached hydrogens (tertiary/aromatic N) is 3. The highest BCUT2D eigenvalue weighted by molar-refractivity contribution is 7.44. The molecule has 85 heavy (non-hydrogen) atoms. The molecule has 1 aromatic heterocycles. The zero-order valence-corrected chi connectivity index (χ0v) is 51.2. The van der Waals surface area contributed by atoms with Crippen LogP contribution < -0.4 is 41.7 Å². The number of piperazine rings is 1. The number of aliphatic hydroxyl groups is 2. The summed E-state index contributed by atoms with van der Waals surface area (Å²) in [6, 6.07) is 3.09. The molecule has 3 aliphatic heterocycles. The number of phenols is 1. The first kappa shape index (κ1) is 65.2. The fourth-order valence-electron chi connectivity index (χ4n) is 11.1. The van der Waals surface area contributed by atoms with Gasteiger partial charge in [0.05, 0.1) is 35.5 Å². The number of aromatic hydroxyl groups is 1. The van der Waals surface area contributed by atoms with E-state index in [1.165, 1.54) is 65.4 Å². The molecule has 0 saturated carbocycles. The largest absolute Gasteiger partial charge is 0.507 e. The average Bonchev–Trinajstić information content (AvgIpc) is 1.70. The van der Waals surface area contributed by atoms with Gasteiger partial charge in [0.1, 0.15) is 34.9 Å². The van der Waals surface area contributed by atoms with E-state index < -0.39 is 146 Å². The maximum absolute atomic E-state index is 15.1. The Hall–Kier alpha value is -7.36. The van der Waals surface area contributed by atoms with Gasteiger partial charge >= 0.3 is 17.7 Å². The Kier molecular flexibility index (Phi) is 21.3. The van der Waals surface area contributed by atoms with E-state index in [0.29, 0.717) is 24.7 Å². The predicted molar refractivity (Wildman–Crippen MR) is 316 cm³/mol. The highest BCUT2D eigenvalue weighted by Gasteiger charge is 2.45. The molecular formula is C59H74N6O18P2. The number of benzene rings is 3. The van der Waals surface area contributed by atoms with Crippen LogP contribution in [0.15, 0.2) is 62.3 Å². The first-order valence-electron chi connectivity index (χ1n) is 28.1. The molecule has 0 radical (unpaired) electrons. The number of aromatic nitrogens is 1. The summed E-state index contributed by atoms with van der Waals surface area (Å²) in [4.78, 5) is 104. The average molecular weight is 1220 g/mol. The van der Waals surface area contributed by atoms with Crippen molar-refractivity contribution >= 4 is 96.7 Å². The molecule has 0 aliphatic carbocycles. The van der Waals surface area contributed by atoms with E-state index in [4.69, 9.17) is 33.1 Å². The second-order valence-electron chi connectivity index (χ2n) is 22.4. The number of methoxy groups -OCH3 is 1. The molecule has 6 N–H and O–H groups in total. The number of rotatable bonds is 15. The van der Waals surface area contributed by atoms with Gasteiger partial charge in [-0.25, -0.2) is 4.98 Å². The minimum absolute atomic E-state index is 0.00748. The van der Waals surface area contributed by atoms with Crippen molar-refractivity contribution in [1.82, 2.24) is 20.5 Å². The molecule has 26 heteroatoms. The van der Waals surface area contributed by atoms with Crippen LogP contribution in [0.5, 0.6) is 11.5 Å². The molecule has 3 amide bonds. The molecule has 9 atom stereocenters. The number of ether oxygens (including phenoxy) is 5. The Morgan fingerprint density at radius 3 is 2.22 bits per heavy atom. The highest BCUT2D eigenvalue weighted by atomic mass is 31.1. The Morgan fingerprint density at radius 1 is 0.894 bits per heavy atom. The number of aliphatic hydroxyl groups excluding tert-OH is 2. The van der Waals surface area contributed by atoms with Crippen LogP contribution >= 0.6 is 16.9 Å². The van der Waals surface area contributed by atoms with Crippen LogP contribution in [-0.2, 0) is 52.1 Å². The Balaban J connectivity index is 1.33. The van der Waals surface area contributed by atoms with E-state index in [1.54, 1.807) is 39.8 Å². The normalized spacial score (nSPS) is 26.2. The molecule has 24 nitrogen and oxygen atoms in total. The Labute approximate surface area is 493 Å². The number of fused-ring (bicyclic) bond motifs is 2. The number of carbonyl (C=O) groups is 5. The van der Waals surface area contributed by atoms with Gasteiger partial charge in [-0.15, -0.1) is 0 Å². The van der Waals surface area contributed by atoms with Crippen molar-refractivity contribution in [2.24, 2.45) is 29.6 Å². The number of carbonyl (C=O) groups excluding carboxylic acids is 5. The molecule has 3 aliphatic rings. The minimum Gasteiger partial charge on any atom is -0.507 e. The monoisotopic (exact) mass is 1220 g/mol. The van der Waals surface area contributed by atoms with Crippen molar-refractivity contribution in [1.29, 1.82) is 0 Å². The Bertz CT molecular complexity index is 3540. The van der Waals surface area contributed by atoms with E-state index in [1.807, 2.05) is 0 Å². The van der Waals surface area contributed by atoms with Crippen molar-refractivity contribution in [2.75, 3.05) is 56.6 Å². The van der Waals surface area contributed by atoms with Gasteiger partial charge in [-0.2, -0.15) is 0 Å². The summed E-state index contributed by atoms with van der Waals surface area (Å²) in [5.74, 6) is -9.67. The molecule has 7 rings (SSSR count). The lowest BCUT2D eigenvalue weighted by molar-refractivity contribution is -0.165. The maximum Gasteiger partial charge on any atom is 0.307 e. The van der Waals surface area contributed by atoms with Gasteiger partial charge in [0.25, 0.3) is 5.91 Å². The number of nitrogens with one attached hydrogen (secondary N) is 3. The van der Waals surface area contributed by atoms with E-state index in [-0.39, 0.29) is 69.1 Å². The topological polar surface area (TPSA) is 329 Å². The number of hydrogen-bond acceptors (Lipinski definition) is 21. The summed E-state index contributed by atoms with van der Waals surface area (Å²) in [7, 11) is 0.275. The van der Waals surface area contributed by atoms with Gasteiger partial charge in [0, 0.05) is 131 Å². The van der Waals surface area contributed by atoms with Crippen LogP contribution in [0.25, 0.3) is 38.7 Å². The van der Waals surface area contributed by atoms with Crippen molar-refractivity contribution < 1.29 is 76.5 Å². The predicted octanol–water partition coefficient (Wildman–Crippen LogP) is 6.16. The van der Waals surface area contributed by atoms with Crippen molar-refractivity contribution in [2.45, 2.75) is 124 Å². The van der Waals surface area contributed by atoms with E-state index in [0.717, 1.165) is 19.6 Å². The molecule has 0 unspecified atom stereocenters. The van der Waals surface area contributed by atoms with Gasteiger partial charge in [0.15, 0.2) is 44.9 Å². The lowest BCUT2D eigenvalue weighted by Gasteiger charge is -2.39. The molecule has 3 aromatic carbocycles. The van der Waals surface area contributed by atoms with E-state index >= 15 is 4.79 Å². The standard InChI is InChI=1S/C59H74N6O18P2/c1-28(2)27-64-20-22-65(23-21-64)36-25-37(67)46-39(26-36)81-55-47(62-46)43-44-50(72)34(8)54-45(43)56(74)59(10,83-54)79-24-18-38(78-11)31(5)53(80-35(9)66)33(7)49(71)32(6)52(29(3)13-12-14-30(4)57(75)63-48(55)51(44)73)82-42(70)16-15-40(68)60-19-17-41(69)61-58(84-76)85-77/h12-14,18,24-26,28-29,31-33,38,49,52-53,58,71-72,74H,15-17,19-23,27H2,1-11H3,(H,60,68)(H,61,69)(H,63,75)/b13-12+,24-18+,30-14-/t29-,31+,32-,33+,38-,49+,52-,53+,59-/m0/s1. The van der Waals surface area contributed by atoms with Crippen LogP contribution in [0, 0.1) is 36.5 Å². The Morgan fingerprint density at radius 2 is 1.58 bits per heavy atom. The second-order valence-corrected chi connectivity index (χ2v) is 24.3. The molecule has 4 aromatic rings. The first-order chi connectivity index (χ1) is 40.2. The number of amides is 3. The number of anilines is 2. The number of allylic oxidation sites excluding steroid dienone is 2. The third-order valence-corrected chi connectivity index (χ3v) is 17.0. The SMILES string of the molecule is CO[C@H]1/C=C/O[C@@]2(C)Oc3c(C)c(O)c4c(=O)c(c5oc6cc(N7CCN(CC(C)C)CC7)cc(=O)c6nc5c4c3=C2O)NC(=O)/C(C)=C\C=C\[C@H](C)[C@H](OC(=O)CCC(=O)NCCC(=O)NC(P=O)P=O)[C@@H](C)[C@@H](O)[C@@H](C)[C@H](OC(C)=O)[C@@H]1C. The van der Waals surface area contributed by atoms with E-state index in [2.05, 4.69) is 39.6 Å². The second kappa shape index (κ2) is 27.8. The molecular weight excluding hydrogens is 1140 g/mol. The summed E-state index contributed by atoms with van der Waals surface area (Å²) in [6.07, 6.45) is 1.69. The van der Waals surface area contributed by atoms with Gasteiger partial charge < -0.3 is 64.3 Å². The third-order valence-electron chi connectivity index (χ3n) is 15.7. The van der Waals surface area contributed by atoms with Crippen LogP contribution in [0.1, 0.15) is 87.1 Å². The van der Waals surface area contributed by atoms with Crippen molar-refractivity contribution in [3.05, 3.63) is 79.5 Å². The molecule has 4 bridgehead atoms. The smallest absolute Gasteiger partial charge is 0.307 e. The van der Waals surface area contributed by atoms with Crippen LogP contribution in [0.3, 0.4) is 0 Å². The van der Waals surface area contributed by atoms with Crippen molar-refractivity contribution in [3.63, 3.8) is 0 Å². The van der Waals surface area contributed by atoms with Crippen LogP contribution in [0.2, 0.25) is 0 Å². The van der Waals surface area contributed by atoms with Crippen LogP contribution in [-0.4, -0.2) is 137 Å². The molecule has 0 spiro atoms. The van der Waals surface area contributed by atoms with Gasteiger partial charge in [0.2, 0.25) is 22.7 Å². The highest BCUT2D eigenvalue weighted by Crippen LogP contribution is 2.42. The first-order valence-corrected chi connectivity index (χ1v) is 29.8. The number of esters is 2. The van der Waals surface area contributed by atoms with Gasteiger partial charge in [-0.3, -0.25) is 47.6 Å². The lowest BCUT2D eigenvalue weighted by Crippen LogP contribution is -2.47. The van der Waals surface area contributed by atoms with Crippen molar-refractivity contribution in [3.8, 4) is 11.5 Å². The fourth-order valence-corrected chi connectivity index (χ4v) is 11.6. The summed E-state index contributed by atoms with van der Waals surface area (Å²) < 4.78 is 58.9. The molecule has 4 heterocycles. The zero-order valence-electron chi connectivity index (χ0n) is 49.4. The third kappa shape index (κ3) is 14.5. The summed E-state index contributed by atoms with van der Waals surface area (Å²) in [5, 5.41) is 43.3. The van der Waals surface area contributed by atoms with Gasteiger partial charge in [-0.1, -0.05) is 59.8 Å². The summed E-state index contributed by atoms with van der Waals surface area (Å²) in [5.41, 5.74) is -3.10. The molecule has 1 fully saturated rings. The summed E-state index contributed by atoms with van der Waals surface area (Å²) >= 11 is 0. The fraction of sp³-hybridized carbons (Fsp3) is 0.525. The van der Waals surface area contributed by atoms with Gasteiger partial charge in [-0.05, 0) is 25.8 Å². The number of phenolic OH excluding ortho intramolecular Hbond substituents is 1. The van der Waals surface area contributed by atoms with E-state index in [9.17, 15) is 53.2 Å². The lowest BCUT2D eigenvalue weighted by atomic mass is 9.78. The van der Waals surface area contributed by atoms with Crippen LogP contribution in [0.4, 0.5) is 11.4 Å². The molecule has 1 saturated heterocycles. The number of hydrogen-bond donors (Lipinski definition) is 6. The zero-order chi connectivity index (χ0) is 62.4. The maximum atomic E-state index is 15.1. The summed E-state index contributed by atoms with van der Waals surface area (Å²) in [6.45, 7) is 20.0. The quantitative estimate of drug-likeness (QED) is 0.0336.